The highest BCUT2D eigenvalue weighted by Crippen LogP contribution is 2.28. The topological polar surface area (TPSA) is 86.7 Å². The van der Waals surface area contributed by atoms with Gasteiger partial charge in [-0.3, -0.25) is 4.72 Å². The van der Waals surface area contributed by atoms with Gasteiger partial charge in [0.1, 0.15) is 0 Å². The molecule has 29 heavy (non-hydrogen) atoms. The number of carbonyl (C=O) groups is 1. The molecule has 0 aliphatic rings. The number of sulfonamides is 1. The number of nitrogens with zero attached hydrogens (tertiary/aromatic N) is 1. The predicted octanol–water partition coefficient (Wildman–Crippen LogP) is 4.74. The van der Waals surface area contributed by atoms with Gasteiger partial charge in [-0.05, 0) is 75.1 Å². The number of carboxylic acid groups (broad SMARTS) is 1. The molecular weight excluding hydrogens is 388 g/mol. The fourth-order valence-corrected chi connectivity index (χ4v) is 4.64. The van der Waals surface area contributed by atoms with Crippen molar-refractivity contribution in [3.8, 4) is 0 Å². The van der Waals surface area contributed by atoms with Crippen LogP contribution in [0.2, 0.25) is 0 Å². The molecule has 2 aromatic carbocycles. The Kier molecular flexibility index (Phi) is 7.30. The first-order chi connectivity index (χ1) is 13.6. The molecule has 0 amide bonds. The highest BCUT2D eigenvalue weighted by Gasteiger charge is 2.21. The molecule has 158 valence electrons. The summed E-state index contributed by atoms with van der Waals surface area (Å²) in [6.07, 6.45) is 1.96. The zero-order valence-electron chi connectivity index (χ0n) is 17.7. The lowest BCUT2D eigenvalue weighted by Gasteiger charge is -2.25. The smallest absolute Gasteiger partial charge is 0.337 e. The molecule has 0 aliphatic heterocycles. The first kappa shape index (κ1) is 22.7. The molecule has 0 fully saturated rings. The molecule has 0 saturated carbocycles. The summed E-state index contributed by atoms with van der Waals surface area (Å²) in [5, 5.41) is 9.68. The van der Waals surface area contributed by atoms with Crippen molar-refractivity contribution in [2.45, 2.75) is 52.4 Å². The maximum absolute atomic E-state index is 12.9. The number of unbranched alkanes of at least 4 members (excludes halogenated alkanes) is 1. The second-order valence-corrected chi connectivity index (χ2v) is 8.93. The van der Waals surface area contributed by atoms with Gasteiger partial charge in [0, 0.05) is 18.8 Å². The molecule has 0 spiro atoms. The number of hydrogen-bond donors (Lipinski definition) is 2. The maximum atomic E-state index is 12.9. The van der Waals surface area contributed by atoms with E-state index in [2.05, 4.69) is 11.6 Å². The zero-order chi connectivity index (χ0) is 21.8. The molecule has 7 heteroatoms. The number of nitrogens with one attached hydrogen (secondary N) is 1. The number of aryl methyl sites for hydroxylation is 3. The van der Waals surface area contributed by atoms with Crippen LogP contribution in [0.3, 0.4) is 0 Å². The van der Waals surface area contributed by atoms with E-state index in [1.165, 1.54) is 6.07 Å². The highest BCUT2D eigenvalue weighted by atomic mass is 32.2. The molecule has 0 aromatic heterocycles. The van der Waals surface area contributed by atoms with Gasteiger partial charge in [0.25, 0.3) is 10.0 Å². The lowest BCUT2D eigenvalue weighted by molar-refractivity contribution is 0.0697. The van der Waals surface area contributed by atoms with Crippen LogP contribution in [-0.2, 0) is 10.0 Å². The number of carboxylic acids is 1. The first-order valence-electron chi connectivity index (χ1n) is 9.83. The summed E-state index contributed by atoms with van der Waals surface area (Å²) in [6.45, 7) is 11.0. The Balaban J connectivity index is 2.42. The summed E-state index contributed by atoms with van der Waals surface area (Å²) in [7, 11) is -3.84. The standard InChI is InChI=1S/C22H30N2O4S/c1-6-8-11-24(7-2)20-10-9-18(14-19(20)22(25)26)23-29(27,28)21-13-16(4)15(3)12-17(21)5/h9-10,12-14,23H,6-8,11H2,1-5H3,(H,25,26). The molecule has 2 aromatic rings. The summed E-state index contributed by atoms with van der Waals surface area (Å²) in [6, 6.07) is 8.16. The molecule has 0 atom stereocenters. The summed E-state index contributed by atoms with van der Waals surface area (Å²) in [4.78, 5) is 14.0. The number of hydrogen-bond acceptors (Lipinski definition) is 4. The van der Waals surface area contributed by atoms with Crippen LogP contribution in [0.1, 0.15) is 53.7 Å². The van der Waals surface area contributed by atoms with Crippen molar-refractivity contribution in [1.82, 2.24) is 0 Å². The molecule has 6 nitrogen and oxygen atoms in total. The van der Waals surface area contributed by atoms with Gasteiger partial charge in [-0.1, -0.05) is 19.4 Å². The SMILES string of the molecule is CCCCN(CC)c1ccc(NS(=O)(=O)c2cc(C)c(C)cc2C)cc1C(=O)O. The Bertz CT molecular complexity index is 1000. The number of anilines is 2. The molecule has 0 bridgehead atoms. The van der Waals surface area contributed by atoms with Gasteiger partial charge in [-0.2, -0.15) is 0 Å². The van der Waals surface area contributed by atoms with Gasteiger partial charge in [0.15, 0.2) is 0 Å². The minimum absolute atomic E-state index is 0.0833. The predicted molar refractivity (Wildman–Crippen MR) is 118 cm³/mol. The Labute approximate surface area is 173 Å². The summed E-state index contributed by atoms with van der Waals surface area (Å²) in [5.74, 6) is -1.08. The Morgan fingerprint density at radius 3 is 2.28 bits per heavy atom. The molecule has 0 unspecified atom stereocenters. The van der Waals surface area contributed by atoms with E-state index in [-0.39, 0.29) is 16.1 Å². The largest absolute Gasteiger partial charge is 0.478 e. The number of benzene rings is 2. The number of rotatable bonds is 9. The lowest BCUT2D eigenvalue weighted by atomic mass is 10.1. The Hall–Kier alpha value is -2.54. The fourth-order valence-electron chi connectivity index (χ4n) is 3.28. The van der Waals surface area contributed by atoms with Gasteiger partial charge < -0.3 is 10.0 Å². The third kappa shape index (κ3) is 5.29. The van der Waals surface area contributed by atoms with Crippen LogP contribution >= 0.6 is 0 Å². The van der Waals surface area contributed by atoms with E-state index in [1.807, 2.05) is 31.7 Å². The van der Waals surface area contributed by atoms with Crippen molar-refractivity contribution < 1.29 is 18.3 Å². The molecule has 2 rings (SSSR count). The molecule has 0 heterocycles. The minimum Gasteiger partial charge on any atom is -0.478 e. The maximum Gasteiger partial charge on any atom is 0.337 e. The van der Waals surface area contributed by atoms with Gasteiger partial charge in [0.2, 0.25) is 0 Å². The van der Waals surface area contributed by atoms with Gasteiger partial charge in [-0.15, -0.1) is 0 Å². The van der Waals surface area contributed by atoms with Gasteiger partial charge in [0.05, 0.1) is 16.1 Å². The van der Waals surface area contributed by atoms with Gasteiger partial charge >= 0.3 is 5.97 Å². The molecule has 0 saturated heterocycles. The monoisotopic (exact) mass is 418 g/mol. The summed E-state index contributed by atoms with van der Waals surface area (Å²) < 4.78 is 28.4. The molecule has 0 radical (unpaired) electrons. The molecule has 2 N–H and O–H groups in total. The van der Waals surface area contributed by atoms with Crippen LogP contribution in [0.4, 0.5) is 11.4 Å². The third-order valence-corrected chi connectivity index (χ3v) is 6.59. The van der Waals surface area contributed by atoms with E-state index in [4.69, 9.17) is 0 Å². The third-order valence-electron chi connectivity index (χ3n) is 5.06. The van der Waals surface area contributed by atoms with Crippen molar-refractivity contribution >= 4 is 27.4 Å². The summed E-state index contributed by atoms with van der Waals surface area (Å²) in [5.41, 5.74) is 3.46. The van der Waals surface area contributed by atoms with Crippen molar-refractivity contribution in [2.75, 3.05) is 22.7 Å². The quantitative estimate of drug-likeness (QED) is 0.614. The summed E-state index contributed by atoms with van der Waals surface area (Å²) >= 11 is 0. The van der Waals surface area contributed by atoms with Crippen molar-refractivity contribution in [3.63, 3.8) is 0 Å². The second-order valence-electron chi connectivity index (χ2n) is 7.28. The van der Waals surface area contributed by atoms with E-state index in [1.54, 1.807) is 25.1 Å². The van der Waals surface area contributed by atoms with Crippen LogP contribution in [0.5, 0.6) is 0 Å². The van der Waals surface area contributed by atoms with Crippen molar-refractivity contribution in [2.24, 2.45) is 0 Å². The lowest BCUT2D eigenvalue weighted by Crippen LogP contribution is -2.26. The number of aromatic carboxylic acids is 1. The van der Waals surface area contributed by atoms with Crippen molar-refractivity contribution in [3.05, 3.63) is 52.6 Å². The van der Waals surface area contributed by atoms with Crippen LogP contribution in [0.15, 0.2) is 35.2 Å². The first-order valence-corrected chi connectivity index (χ1v) is 11.3. The van der Waals surface area contributed by atoms with E-state index in [0.29, 0.717) is 17.8 Å². The normalized spacial score (nSPS) is 11.3. The highest BCUT2D eigenvalue weighted by molar-refractivity contribution is 7.92. The van der Waals surface area contributed by atoms with E-state index in [0.717, 1.165) is 30.5 Å². The Morgan fingerprint density at radius 2 is 1.69 bits per heavy atom. The van der Waals surface area contributed by atoms with E-state index >= 15 is 0 Å². The molecule has 0 aliphatic carbocycles. The van der Waals surface area contributed by atoms with Crippen LogP contribution in [0, 0.1) is 20.8 Å². The average Bonchev–Trinajstić information content (AvgIpc) is 2.65. The van der Waals surface area contributed by atoms with Crippen LogP contribution in [-0.4, -0.2) is 32.6 Å². The zero-order valence-corrected chi connectivity index (χ0v) is 18.6. The molecular formula is C22H30N2O4S. The fraction of sp³-hybridized carbons (Fsp3) is 0.409. The Morgan fingerprint density at radius 1 is 1.03 bits per heavy atom. The van der Waals surface area contributed by atoms with Gasteiger partial charge in [-0.25, -0.2) is 13.2 Å². The van der Waals surface area contributed by atoms with E-state index in [9.17, 15) is 18.3 Å². The van der Waals surface area contributed by atoms with E-state index < -0.39 is 16.0 Å². The average molecular weight is 419 g/mol. The minimum atomic E-state index is -3.84. The second kappa shape index (κ2) is 9.31. The van der Waals surface area contributed by atoms with Crippen molar-refractivity contribution in [1.29, 1.82) is 0 Å². The van der Waals surface area contributed by atoms with Crippen LogP contribution < -0.4 is 9.62 Å². The van der Waals surface area contributed by atoms with Crippen LogP contribution in [0.25, 0.3) is 0 Å².